The molecule has 1 fully saturated rings. The number of pyridine rings is 1. The maximum Gasteiger partial charge on any atom is 0.337 e. The average Bonchev–Trinajstić information content (AvgIpc) is 2.66. The lowest BCUT2D eigenvalue weighted by atomic mass is 9.96. The summed E-state index contributed by atoms with van der Waals surface area (Å²) >= 11 is 0. The Hall–Kier alpha value is -1.42. The van der Waals surface area contributed by atoms with Crippen LogP contribution in [-0.4, -0.2) is 34.0 Å². The Kier molecular flexibility index (Phi) is 5.53. The van der Waals surface area contributed by atoms with Gasteiger partial charge in [0, 0.05) is 12.7 Å². The van der Waals surface area contributed by atoms with Gasteiger partial charge >= 0.3 is 5.97 Å². The molecule has 2 heterocycles. The van der Waals surface area contributed by atoms with Crippen molar-refractivity contribution in [3.63, 3.8) is 0 Å². The minimum Gasteiger partial charge on any atom is -0.478 e. The summed E-state index contributed by atoms with van der Waals surface area (Å²) in [5.74, 6) is -0.0337. The number of hydrogen-bond acceptors (Lipinski definition) is 3. The van der Waals surface area contributed by atoms with Crippen molar-refractivity contribution < 1.29 is 9.90 Å². The highest BCUT2D eigenvalue weighted by atomic mass is 16.4. The van der Waals surface area contributed by atoms with Gasteiger partial charge in [0.1, 0.15) is 0 Å². The van der Waals surface area contributed by atoms with Crippen molar-refractivity contribution in [2.45, 2.75) is 45.6 Å². The molecular weight excluding hydrogens is 252 g/mol. The monoisotopic (exact) mass is 276 g/mol. The standard InChI is InChI=1S/C16H24N2O2/c1-2-4-13-5-3-9-18(10-8-13)12-15-7-6-14(11-17-15)16(19)20/h6-7,11,13H,2-5,8-10,12H2,1H3,(H,19,20). The third kappa shape index (κ3) is 4.30. The Labute approximate surface area is 120 Å². The van der Waals surface area contributed by atoms with Crippen LogP contribution in [0.1, 0.15) is 55.1 Å². The summed E-state index contributed by atoms with van der Waals surface area (Å²) in [6.45, 7) is 5.35. The molecule has 0 radical (unpaired) electrons. The van der Waals surface area contributed by atoms with Crippen LogP contribution in [0.5, 0.6) is 0 Å². The van der Waals surface area contributed by atoms with Crippen molar-refractivity contribution in [2.75, 3.05) is 13.1 Å². The van der Waals surface area contributed by atoms with Gasteiger partial charge in [0.05, 0.1) is 11.3 Å². The normalized spacial score (nSPS) is 20.6. The first-order valence-corrected chi connectivity index (χ1v) is 7.59. The SMILES string of the molecule is CCCC1CCCN(Cc2ccc(C(=O)O)cn2)CC1. The van der Waals surface area contributed by atoms with E-state index in [1.165, 1.54) is 38.3 Å². The van der Waals surface area contributed by atoms with E-state index in [1.807, 2.05) is 6.07 Å². The summed E-state index contributed by atoms with van der Waals surface area (Å²) in [5.41, 5.74) is 1.22. The number of aromatic nitrogens is 1. The Morgan fingerprint density at radius 1 is 1.40 bits per heavy atom. The van der Waals surface area contributed by atoms with E-state index in [1.54, 1.807) is 6.07 Å². The Morgan fingerprint density at radius 2 is 2.25 bits per heavy atom. The molecule has 0 bridgehead atoms. The van der Waals surface area contributed by atoms with E-state index in [-0.39, 0.29) is 5.56 Å². The molecule has 4 heteroatoms. The molecule has 1 aliphatic heterocycles. The van der Waals surface area contributed by atoms with Crippen LogP contribution in [0, 0.1) is 5.92 Å². The predicted octanol–water partition coefficient (Wildman–Crippen LogP) is 3.18. The van der Waals surface area contributed by atoms with E-state index in [0.29, 0.717) is 0 Å². The van der Waals surface area contributed by atoms with E-state index >= 15 is 0 Å². The van der Waals surface area contributed by atoms with Crippen LogP contribution >= 0.6 is 0 Å². The molecule has 0 aliphatic carbocycles. The van der Waals surface area contributed by atoms with Crippen molar-refractivity contribution in [3.8, 4) is 0 Å². The fraction of sp³-hybridized carbons (Fsp3) is 0.625. The second kappa shape index (κ2) is 7.39. The molecule has 2 rings (SSSR count). The van der Waals surface area contributed by atoms with Gasteiger partial charge in [-0.15, -0.1) is 0 Å². The molecule has 1 aromatic heterocycles. The maximum absolute atomic E-state index is 10.8. The fourth-order valence-electron chi connectivity index (χ4n) is 2.95. The second-order valence-corrected chi connectivity index (χ2v) is 5.71. The fourth-order valence-corrected chi connectivity index (χ4v) is 2.95. The maximum atomic E-state index is 10.8. The second-order valence-electron chi connectivity index (χ2n) is 5.71. The molecule has 110 valence electrons. The lowest BCUT2D eigenvalue weighted by molar-refractivity contribution is 0.0696. The molecule has 0 aromatic carbocycles. The summed E-state index contributed by atoms with van der Waals surface area (Å²) in [6.07, 6.45) is 7.96. The van der Waals surface area contributed by atoms with Crippen molar-refractivity contribution in [3.05, 3.63) is 29.6 Å². The van der Waals surface area contributed by atoms with Crippen LogP contribution < -0.4 is 0 Å². The molecule has 0 spiro atoms. The number of aromatic carboxylic acids is 1. The summed E-state index contributed by atoms with van der Waals surface area (Å²) in [4.78, 5) is 17.5. The van der Waals surface area contributed by atoms with Crippen LogP contribution in [0.3, 0.4) is 0 Å². The number of likely N-dealkylation sites (tertiary alicyclic amines) is 1. The van der Waals surface area contributed by atoms with Gasteiger partial charge in [0.2, 0.25) is 0 Å². The molecule has 1 unspecified atom stereocenters. The topological polar surface area (TPSA) is 53.4 Å². The van der Waals surface area contributed by atoms with Gasteiger partial charge in [-0.25, -0.2) is 4.79 Å². The first-order valence-electron chi connectivity index (χ1n) is 7.59. The zero-order valence-corrected chi connectivity index (χ0v) is 12.2. The molecule has 1 aliphatic rings. The van der Waals surface area contributed by atoms with Gasteiger partial charge in [-0.1, -0.05) is 19.8 Å². The third-order valence-corrected chi connectivity index (χ3v) is 4.09. The summed E-state index contributed by atoms with van der Waals surface area (Å²) < 4.78 is 0. The minimum atomic E-state index is -0.916. The number of carboxylic acid groups (broad SMARTS) is 1. The number of carboxylic acids is 1. The number of rotatable bonds is 5. The zero-order chi connectivity index (χ0) is 14.4. The lowest BCUT2D eigenvalue weighted by Crippen LogP contribution is -2.24. The molecular formula is C16H24N2O2. The molecule has 20 heavy (non-hydrogen) atoms. The lowest BCUT2D eigenvalue weighted by Gasteiger charge is -2.19. The van der Waals surface area contributed by atoms with E-state index in [0.717, 1.165) is 31.2 Å². The zero-order valence-electron chi connectivity index (χ0n) is 12.2. The van der Waals surface area contributed by atoms with Gasteiger partial charge in [0.25, 0.3) is 0 Å². The largest absolute Gasteiger partial charge is 0.478 e. The van der Waals surface area contributed by atoms with E-state index in [2.05, 4.69) is 16.8 Å². The van der Waals surface area contributed by atoms with Crippen molar-refractivity contribution in [1.82, 2.24) is 9.88 Å². The highest BCUT2D eigenvalue weighted by molar-refractivity contribution is 5.87. The number of nitrogens with zero attached hydrogens (tertiary/aromatic N) is 2. The van der Waals surface area contributed by atoms with E-state index in [4.69, 9.17) is 5.11 Å². The summed E-state index contributed by atoms with van der Waals surface area (Å²) in [5, 5.41) is 8.86. The van der Waals surface area contributed by atoms with Gasteiger partial charge in [-0.2, -0.15) is 0 Å². The average molecular weight is 276 g/mol. The Morgan fingerprint density at radius 3 is 2.90 bits per heavy atom. The Bertz CT molecular complexity index is 431. The number of carbonyl (C=O) groups is 1. The van der Waals surface area contributed by atoms with Gasteiger partial charge in [0.15, 0.2) is 0 Å². The van der Waals surface area contributed by atoms with Crippen molar-refractivity contribution >= 4 is 5.97 Å². The summed E-state index contributed by atoms with van der Waals surface area (Å²) in [7, 11) is 0. The highest BCUT2D eigenvalue weighted by Crippen LogP contribution is 2.22. The van der Waals surface area contributed by atoms with Crippen LogP contribution in [-0.2, 0) is 6.54 Å². The Balaban J connectivity index is 1.88. The van der Waals surface area contributed by atoms with E-state index in [9.17, 15) is 4.79 Å². The summed E-state index contributed by atoms with van der Waals surface area (Å²) in [6, 6.07) is 3.47. The molecule has 1 N–H and O–H groups in total. The first-order chi connectivity index (χ1) is 9.69. The molecule has 1 saturated heterocycles. The van der Waals surface area contributed by atoms with Crippen molar-refractivity contribution in [2.24, 2.45) is 5.92 Å². The smallest absolute Gasteiger partial charge is 0.337 e. The van der Waals surface area contributed by atoms with Gasteiger partial charge in [-0.05, 0) is 50.4 Å². The van der Waals surface area contributed by atoms with Gasteiger partial charge in [-0.3, -0.25) is 9.88 Å². The minimum absolute atomic E-state index is 0.257. The molecule has 4 nitrogen and oxygen atoms in total. The van der Waals surface area contributed by atoms with Gasteiger partial charge < -0.3 is 5.11 Å². The van der Waals surface area contributed by atoms with Crippen LogP contribution in [0.2, 0.25) is 0 Å². The number of hydrogen-bond donors (Lipinski definition) is 1. The van der Waals surface area contributed by atoms with Crippen molar-refractivity contribution in [1.29, 1.82) is 0 Å². The molecule has 1 atom stereocenters. The van der Waals surface area contributed by atoms with E-state index < -0.39 is 5.97 Å². The quantitative estimate of drug-likeness (QED) is 0.897. The van der Waals surface area contributed by atoms with Crippen LogP contribution in [0.4, 0.5) is 0 Å². The molecule has 0 saturated carbocycles. The predicted molar refractivity (Wildman–Crippen MR) is 78.7 cm³/mol. The van der Waals surface area contributed by atoms with Crippen LogP contribution in [0.15, 0.2) is 18.3 Å². The first kappa shape index (κ1) is 15.0. The third-order valence-electron chi connectivity index (χ3n) is 4.09. The molecule has 0 amide bonds. The molecule has 1 aromatic rings. The highest BCUT2D eigenvalue weighted by Gasteiger charge is 2.16. The van der Waals surface area contributed by atoms with Crippen LogP contribution in [0.25, 0.3) is 0 Å².